The molecule has 1 fully saturated rings. The Morgan fingerprint density at radius 3 is 2.38 bits per heavy atom. The van der Waals surface area contributed by atoms with Gasteiger partial charge in [-0.1, -0.05) is 39.5 Å². The van der Waals surface area contributed by atoms with Crippen molar-refractivity contribution < 1.29 is 0 Å². The van der Waals surface area contributed by atoms with E-state index >= 15 is 0 Å². The van der Waals surface area contributed by atoms with Crippen LogP contribution in [0.5, 0.6) is 0 Å². The topological polar surface area (TPSA) is 26.0 Å². The highest BCUT2D eigenvalue weighted by Crippen LogP contribution is 2.29. The van der Waals surface area contributed by atoms with Crippen molar-refractivity contribution in [1.29, 1.82) is 0 Å². The van der Waals surface area contributed by atoms with Crippen molar-refractivity contribution in [3.63, 3.8) is 0 Å². The molecule has 0 amide bonds. The van der Waals surface area contributed by atoms with E-state index in [0.717, 1.165) is 11.8 Å². The first-order chi connectivity index (χ1) is 6.25. The molecule has 1 nitrogen and oxygen atoms in total. The van der Waals surface area contributed by atoms with Crippen molar-refractivity contribution in [1.82, 2.24) is 0 Å². The van der Waals surface area contributed by atoms with Gasteiger partial charge in [0.1, 0.15) is 0 Å². The molecule has 0 aromatic carbocycles. The number of rotatable bonds is 4. The van der Waals surface area contributed by atoms with Gasteiger partial charge in [-0.2, -0.15) is 0 Å². The van der Waals surface area contributed by atoms with Gasteiger partial charge in [0.2, 0.25) is 0 Å². The Bertz CT molecular complexity index is 127. The normalized spacial score (nSPS) is 24.2. The zero-order valence-electron chi connectivity index (χ0n) is 9.26. The maximum absolute atomic E-state index is 6.28. The predicted octanol–water partition coefficient (Wildman–Crippen LogP) is 3.33. The molecule has 2 atom stereocenters. The fraction of sp³-hybridized carbons (Fsp3) is 1.00. The molecule has 1 rings (SSSR count). The first kappa shape index (κ1) is 11.0. The molecule has 0 spiro atoms. The van der Waals surface area contributed by atoms with Crippen LogP contribution in [0.3, 0.4) is 0 Å². The van der Waals surface area contributed by atoms with Gasteiger partial charge in [-0.25, -0.2) is 0 Å². The second-order valence-corrected chi connectivity index (χ2v) is 4.74. The minimum absolute atomic E-state index is 0.472. The van der Waals surface area contributed by atoms with Crippen LogP contribution in [0.1, 0.15) is 58.8 Å². The van der Waals surface area contributed by atoms with Crippen molar-refractivity contribution in [2.75, 3.05) is 0 Å². The van der Waals surface area contributed by atoms with Gasteiger partial charge in [-0.15, -0.1) is 0 Å². The summed E-state index contributed by atoms with van der Waals surface area (Å²) in [5, 5.41) is 0. The third-order valence-electron chi connectivity index (χ3n) is 3.60. The van der Waals surface area contributed by atoms with Gasteiger partial charge in [0.25, 0.3) is 0 Å². The van der Waals surface area contributed by atoms with Crippen molar-refractivity contribution >= 4 is 0 Å². The largest absolute Gasteiger partial charge is 0.327 e. The molecule has 0 bridgehead atoms. The van der Waals surface area contributed by atoms with Gasteiger partial charge in [0.15, 0.2) is 0 Å². The van der Waals surface area contributed by atoms with Gasteiger partial charge in [-0.3, -0.25) is 0 Å². The maximum Gasteiger partial charge on any atom is 0.00929 e. The summed E-state index contributed by atoms with van der Waals surface area (Å²) in [6, 6.07) is 0.472. The first-order valence-electron chi connectivity index (χ1n) is 6.01. The van der Waals surface area contributed by atoms with Gasteiger partial charge < -0.3 is 5.73 Å². The molecule has 0 aromatic heterocycles. The fourth-order valence-corrected chi connectivity index (χ4v) is 2.63. The van der Waals surface area contributed by atoms with Crippen LogP contribution in [0.4, 0.5) is 0 Å². The van der Waals surface area contributed by atoms with Gasteiger partial charge in [-0.05, 0) is 31.1 Å². The van der Waals surface area contributed by atoms with Crippen LogP contribution in [0.25, 0.3) is 0 Å². The molecule has 1 heteroatoms. The average molecular weight is 183 g/mol. The Labute approximate surface area is 83.1 Å². The Balaban J connectivity index is 2.31. The first-order valence-corrected chi connectivity index (χ1v) is 6.01. The van der Waals surface area contributed by atoms with Crippen LogP contribution in [-0.2, 0) is 0 Å². The highest BCUT2D eigenvalue weighted by atomic mass is 14.7. The molecule has 2 unspecified atom stereocenters. The van der Waals surface area contributed by atoms with Gasteiger partial charge >= 0.3 is 0 Å². The minimum Gasteiger partial charge on any atom is -0.327 e. The third-order valence-corrected chi connectivity index (χ3v) is 3.60. The highest BCUT2D eigenvalue weighted by molar-refractivity contribution is 4.80. The van der Waals surface area contributed by atoms with Crippen LogP contribution in [0.2, 0.25) is 0 Å². The van der Waals surface area contributed by atoms with Crippen molar-refractivity contribution in [2.45, 2.75) is 64.8 Å². The lowest BCUT2D eigenvalue weighted by Gasteiger charge is -2.31. The Morgan fingerprint density at radius 1 is 1.23 bits per heavy atom. The van der Waals surface area contributed by atoms with Crippen LogP contribution in [0, 0.1) is 11.8 Å². The average Bonchev–Trinajstić information content (AvgIpc) is 2.18. The summed E-state index contributed by atoms with van der Waals surface area (Å²) in [6.07, 6.45) is 9.61. The van der Waals surface area contributed by atoms with E-state index in [1.807, 2.05) is 0 Å². The number of hydrogen-bond acceptors (Lipinski definition) is 1. The van der Waals surface area contributed by atoms with Crippen LogP contribution >= 0.6 is 0 Å². The molecule has 78 valence electrons. The van der Waals surface area contributed by atoms with Crippen molar-refractivity contribution in [3.05, 3.63) is 0 Å². The van der Waals surface area contributed by atoms with E-state index in [9.17, 15) is 0 Å². The molecule has 2 N–H and O–H groups in total. The Hall–Kier alpha value is -0.0400. The molecular formula is C12H25N. The number of hydrogen-bond donors (Lipinski definition) is 1. The Morgan fingerprint density at radius 2 is 1.85 bits per heavy atom. The lowest BCUT2D eigenvalue weighted by atomic mass is 9.78. The van der Waals surface area contributed by atoms with Crippen LogP contribution in [-0.4, -0.2) is 6.04 Å². The summed E-state index contributed by atoms with van der Waals surface area (Å²) >= 11 is 0. The quantitative estimate of drug-likeness (QED) is 0.711. The van der Waals surface area contributed by atoms with Crippen molar-refractivity contribution in [2.24, 2.45) is 17.6 Å². The molecule has 0 aromatic rings. The standard InChI is InChI=1S/C12H25N/c1-3-7-10(2)12(13)11-8-5-4-6-9-11/h10-12H,3-9,13H2,1-2H3. The van der Waals surface area contributed by atoms with E-state index in [1.165, 1.54) is 44.9 Å². The van der Waals surface area contributed by atoms with E-state index in [1.54, 1.807) is 0 Å². The molecule has 0 radical (unpaired) electrons. The SMILES string of the molecule is CCCC(C)C(N)C1CCCCC1. The summed E-state index contributed by atoms with van der Waals surface area (Å²) < 4.78 is 0. The van der Waals surface area contributed by atoms with E-state index < -0.39 is 0 Å². The lowest BCUT2D eigenvalue weighted by molar-refractivity contribution is 0.245. The van der Waals surface area contributed by atoms with E-state index in [0.29, 0.717) is 6.04 Å². The molecule has 0 heterocycles. The predicted molar refractivity (Wildman–Crippen MR) is 58.6 cm³/mol. The summed E-state index contributed by atoms with van der Waals surface area (Å²) in [5.41, 5.74) is 6.28. The second kappa shape index (κ2) is 5.64. The fourth-order valence-electron chi connectivity index (χ4n) is 2.63. The molecule has 1 saturated carbocycles. The summed E-state index contributed by atoms with van der Waals surface area (Å²) in [7, 11) is 0. The molecule has 1 aliphatic carbocycles. The molecule has 0 saturated heterocycles. The zero-order chi connectivity index (χ0) is 9.68. The molecule has 1 aliphatic rings. The smallest absolute Gasteiger partial charge is 0.00929 e. The summed E-state index contributed by atoms with van der Waals surface area (Å²) in [4.78, 5) is 0. The van der Waals surface area contributed by atoms with E-state index in [4.69, 9.17) is 5.73 Å². The molecular weight excluding hydrogens is 158 g/mol. The van der Waals surface area contributed by atoms with Gasteiger partial charge in [0.05, 0.1) is 0 Å². The van der Waals surface area contributed by atoms with Crippen LogP contribution in [0.15, 0.2) is 0 Å². The molecule has 13 heavy (non-hydrogen) atoms. The monoisotopic (exact) mass is 183 g/mol. The number of nitrogens with two attached hydrogens (primary N) is 1. The zero-order valence-corrected chi connectivity index (χ0v) is 9.26. The summed E-state index contributed by atoms with van der Waals surface area (Å²) in [6.45, 7) is 4.58. The highest BCUT2D eigenvalue weighted by Gasteiger charge is 2.24. The van der Waals surface area contributed by atoms with Crippen LogP contribution < -0.4 is 5.73 Å². The Kier molecular flexibility index (Phi) is 4.79. The molecule has 0 aliphatic heterocycles. The van der Waals surface area contributed by atoms with Gasteiger partial charge in [0, 0.05) is 6.04 Å². The third kappa shape index (κ3) is 3.30. The van der Waals surface area contributed by atoms with Crippen molar-refractivity contribution in [3.8, 4) is 0 Å². The minimum atomic E-state index is 0.472. The van der Waals surface area contributed by atoms with E-state index in [2.05, 4.69) is 13.8 Å². The maximum atomic E-state index is 6.28. The second-order valence-electron chi connectivity index (χ2n) is 4.74. The summed E-state index contributed by atoms with van der Waals surface area (Å²) in [5.74, 6) is 1.56. The van der Waals surface area contributed by atoms with E-state index in [-0.39, 0.29) is 0 Å². The lowest BCUT2D eigenvalue weighted by Crippen LogP contribution is -2.37.